The summed E-state index contributed by atoms with van der Waals surface area (Å²) in [7, 11) is 3.16. The molecule has 0 unspecified atom stereocenters. The summed E-state index contributed by atoms with van der Waals surface area (Å²) < 4.78 is 21.3. The third-order valence-corrected chi connectivity index (χ3v) is 3.78. The maximum absolute atomic E-state index is 6.28. The summed E-state index contributed by atoms with van der Waals surface area (Å²) in [5.74, 6) is 8.65. The van der Waals surface area contributed by atoms with E-state index in [1.165, 1.54) is 11.2 Å². The summed E-state index contributed by atoms with van der Waals surface area (Å²) in [6.45, 7) is 0.692. The van der Waals surface area contributed by atoms with E-state index >= 15 is 0 Å². The molecule has 1 aromatic rings. The number of dihydropyridines is 1. The molecular weight excluding hydrogens is 312 g/mol. The maximum Gasteiger partial charge on any atom is 0.231 e. The van der Waals surface area contributed by atoms with E-state index in [0.29, 0.717) is 41.1 Å². The molecule has 1 aromatic carbocycles. The standard InChI is InChI=1S/C16H20N4O4/c1-21-13-5-11(6-14-16(13)24-9-23-14)20(18)12(7-17)10-3-4-15(22-2)19-8-10/h3-7,19H,8-9,17-18H2,1-2H3/b12-7-. The van der Waals surface area contributed by atoms with Gasteiger partial charge in [0.05, 0.1) is 25.6 Å². The smallest absolute Gasteiger partial charge is 0.231 e. The molecule has 0 atom stereocenters. The Labute approximate surface area is 139 Å². The summed E-state index contributed by atoms with van der Waals surface area (Å²) >= 11 is 0. The number of ether oxygens (including phenoxy) is 4. The van der Waals surface area contributed by atoms with Crippen LogP contribution in [0.4, 0.5) is 5.69 Å². The number of hydrazine groups is 1. The lowest BCUT2D eigenvalue weighted by molar-refractivity contribution is 0.171. The zero-order valence-electron chi connectivity index (χ0n) is 13.5. The number of rotatable bonds is 5. The van der Waals surface area contributed by atoms with Crippen molar-refractivity contribution in [1.82, 2.24) is 5.32 Å². The van der Waals surface area contributed by atoms with E-state index in [4.69, 9.17) is 30.5 Å². The van der Waals surface area contributed by atoms with Gasteiger partial charge in [-0.15, -0.1) is 0 Å². The van der Waals surface area contributed by atoms with Crippen molar-refractivity contribution in [2.24, 2.45) is 11.6 Å². The van der Waals surface area contributed by atoms with Gasteiger partial charge in [0.15, 0.2) is 17.4 Å². The molecule has 8 heteroatoms. The monoisotopic (exact) mass is 332 g/mol. The van der Waals surface area contributed by atoms with E-state index in [2.05, 4.69) is 5.32 Å². The number of allylic oxidation sites excluding steroid dienone is 2. The lowest BCUT2D eigenvalue weighted by Crippen LogP contribution is -2.34. The van der Waals surface area contributed by atoms with Gasteiger partial charge in [0, 0.05) is 24.9 Å². The van der Waals surface area contributed by atoms with Gasteiger partial charge in [-0.1, -0.05) is 0 Å². The van der Waals surface area contributed by atoms with Crippen LogP contribution in [0.5, 0.6) is 17.2 Å². The van der Waals surface area contributed by atoms with E-state index in [9.17, 15) is 0 Å². The van der Waals surface area contributed by atoms with Crippen LogP contribution < -0.4 is 36.1 Å². The van der Waals surface area contributed by atoms with Crippen molar-refractivity contribution < 1.29 is 18.9 Å². The first-order chi connectivity index (χ1) is 11.7. The third kappa shape index (κ3) is 2.79. The first kappa shape index (κ1) is 15.9. The molecule has 5 N–H and O–H groups in total. The predicted octanol–water partition coefficient (Wildman–Crippen LogP) is 0.921. The van der Waals surface area contributed by atoms with Crippen LogP contribution >= 0.6 is 0 Å². The molecule has 24 heavy (non-hydrogen) atoms. The van der Waals surface area contributed by atoms with Crippen LogP contribution in [0.15, 0.2) is 47.6 Å². The molecule has 0 amide bonds. The molecule has 128 valence electrons. The summed E-state index contributed by atoms with van der Waals surface area (Å²) in [5.41, 5.74) is 8.03. The maximum atomic E-state index is 6.28. The highest BCUT2D eigenvalue weighted by atomic mass is 16.7. The fourth-order valence-electron chi connectivity index (χ4n) is 2.53. The van der Waals surface area contributed by atoms with Gasteiger partial charge in [-0.25, -0.2) is 5.84 Å². The van der Waals surface area contributed by atoms with Crippen molar-refractivity contribution >= 4 is 5.69 Å². The largest absolute Gasteiger partial charge is 0.493 e. The second kappa shape index (κ2) is 6.63. The van der Waals surface area contributed by atoms with E-state index in [1.807, 2.05) is 12.2 Å². The quantitative estimate of drug-likeness (QED) is 0.540. The van der Waals surface area contributed by atoms with Crippen LogP contribution in [-0.4, -0.2) is 27.6 Å². The molecule has 0 fully saturated rings. The van der Waals surface area contributed by atoms with Gasteiger partial charge >= 0.3 is 0 Å². The Balaban J connectivity index is 1.92. The van der Waals surface area contributed by atoms with E-state index in [0.717, 1.165) is 5.57 Å². The average molecular weight is 332 g/mol. The molecule has 0 radical (unpaired) electrons. The zero-order chi connectivity index (χ0) is 17.1. The highest BCUT2D eigenvalue weighted by molar-refractivity contribution is 5.67. The van der Waals surface area contributed by atoms with Crippen LogP contribution in [0.3, 0.4) is 0 Å². The Morgan fingerprint density at radius 1 is 1.25 bits per heavy atom. The molecule has 2 heterocycles. The zero-order valence-corrected chi connectivity index (χ0v) is 13.5. The second-order valence-electron chi connectivity index (χ2n) is 5.08. The van der Waals surface area contributed by atoms with Crippen LogP contribution in [0, 0.1) is 0 Å². The lowest BCUT2D eigenvalue weighted by atomic mass is 10.1. The van der Waals surface area contributed by atoms with Crippen LogP contribution in [0.2, 0.25) is 0 Å². The van der Waals surface area contributed by atoms with E-state index < -0.39 is 0 Å². The number of fused-ring (bicyclic) bond motifs is 1. The molecule has 8 nitrogen and oxygen atoms in total. The minimum Gasteiger partial charge on any atom is -0.493 e. The molecule has 0 bridgehead atoms. The molecular formula is C16H20N4O4. The highest BCUT2D eigenvalue weighted by Gasteiger charge is 2.23. The molecule has 0 aliphatic carbocycles. The molecule has 2 aliphatic heterocycles. The van der Waals surface area contributed by atoms with Gasteiger partial charge in [0.1, 0.15) is 0 Å². The molecule has 3 rings (SSSR count). The number of anilines is 1. The van der Waals surface area contributed by atoms with Crippen molar-refractivity contribution in [3.8, 4) is 17.2 Å². The Morgan fingerprint density at radius 3 is 2.71 bits per heavy atom. The number of nitrogens with two attached hydrogens (primary N) is 2. The Kier molecular flexibility index (Phi) is 4.39. The first-order valence-electron chi connectivity index (χ1n) is 7.31. The van der Waals surface area contributed by atoms with Crippen molar-refractivity contribution in [1.29, 1.82) is 0 Å². The van der Waals surface area contributed by atoms with Crippen molar-refractivity contribution in [3.63, 3.8) is 0 Å². The minimum atomic E-state index is 0.152. The number of nitrogens with zero attached hydrogens (tertiary/aromatic N) is 1. The van der Waals surface area contributed by atoms with Crippen molar-refractivity contribution in [3.05, 3.63) is 47.6 Å². The van der Waals surface area contributed by atoms with Gasteiger partial charge < -0.3 is 30.0 Å². The van der Waals surface area contributed by atoms with Crippen molar-refractivity contribution in [2.75, 3.05) is 32.6 Å². The Hall–Kier alpha value is -3.00. The Morgan fingerprint density at radius 2 is 2.08 bits per heavy atom. The number of hydrogen-bond acceptors (Lipinski definition) is 8. The molecule has 0 saturated heterocycles. The average Bonchev–Trinajstić information content (AvgIpc) is 3.10. The molecule has 0 saturated carbocycles. The van der Waals surface area contributed by atoms with E-state index in [-0.39, 0.29) is 6.79 Å². The molecule has 2 aliphatic rings. The lowest BCUT2D eigenvalue weighted by Gasteiger charge is -2.26. The summed E-state index contributed by atoms with van der Waals surface area (Å²) in [4.78, 5) is 0. The summed E-state index contributed by atoms with van der Waals surface area (Å²) in [6.07, 6.45) is 5.17. The van der Waals surface area contributed by atoms with E-state index in [1.54, 1.807) is 26.4 Å². The number of nitrogens with one attached hydrogen (secondary N) is 1. The van der Waals surface area contributed by atoms with Gasteiger partial charge in [-0.05, 0) is 17.7 Å². The van der Waals surface area contributed by atoms with Gasteiger partial charge in [0.2, 0.25) is 12.5 Å². The SMILES string of the molecule is COC1=CC=C(/C(=C/N)N(N)c2cc(OC)c3c(c2)OCO3)CN1. The summed E-state index contributed by atoms with van der Waals surface area (Å²) in [6, 6.07) is 3.55. The fraction of sp³-hybridized carbons (Fsp3) is 0.250. The predicted molar refractivity (Wildman–Crippen MR) is 89.2 cm³/mol. The number of hydrogen-bond donors (Lipinski definition) is 3. The number of methoxy groups -OCH3 is 2. The fourth-order valence-corrected chi connectivity index (χ4v) is 2.53. The van der Waals surface area contributed by atoms with Gasteiger partial charge in [-0.3, -0.25) is 5.01 Å². The van der Waals surface area contributed by atoms with Gasteiger partial charge in [0.25, 0.3) is 0 Å². The van der Waals surface area contributed by atoms with Crippen LogP contribution in [-0.2, 0) is 4.74 Å². The second-order valence-corrected chi connectivity index (χ2v) is 5.08. The minimum absolute atomic E-state index is 0.152. The third-order valence-electron chi connectivity index (χ3n) is 3.78. The normalized spacial score (nSPS) is 16.0. The first-order valence-corrected chi connectivity index (χ1v) is 7.31. The molecule has 0 aromatic heterocycles. The van der Waals surface area contributed by atoms with Gasteiger partial charge in [-0.2, -0.15) is 0 Å². The summed E-state index contributed by atoms with van der Waals surface area (Å²) in [5, 5.41) is 4.60. The Bertz CT molecular complexity index is 727. The van der Waals surface area contributed by atoms with Crippen LogP contribution in [0.25, 0.3) is 0 Å². The number of benzene rings is 1. The van der Waals surface area contributed by atoms with Crippen molar-refractivity contribution in [2.45, 2.75) is 0 Å². The molecule has 0 spiro atoms. The topological polar surface area (TPSA) is 104 Å². The highest BCUT2D eigenvalue weighted by Crippen LogP contribution is 2.44. The van der Waals surface area contributed by atoms with Crippen LogP contribution in [0.1, 0.15) is 0 Å².